The predicted octanol–water partition coefficient (Wildman–Crippen LogP) is 4.03. The zero-order chi connectivity index (χ0) is 22.9. The van der Waals surface area contributed by atoms with Gasteiger partial charge in [-0.1, -0.05) is 48.5 Å². The fraction of sp³-hybridized carbons (Fsp3) is 0.208. The third-order valence-corrected chi connectivity index (χ3v) is 4.63. The molecule has 0 aliphatic rings. The second-order valence-corrected chi connectivity index (χ2v) is 6.95. The number of aromatic amines is 1. The lowest BCUT2D eigenvalue weighted by atomic mass is 10.00. The lowest BCUT2D eigenvalue weighted by molar-refractivity contribution is -0.115. The summed E-state index contributed by atoms with van der Waals surface area (Å²) < 4.78 is 10.2. The Labute approximate surface area is 185 Å². The minimum absolute atomic E-state index is 0.112. The van der Waals surface area contributed by atoms with E-state index in [1.807, 2.05) is 43.3 Å². The zero-order valence-electron chi connectivity index (χ0n) is 17.9. The Morgan fingerprint density at radius 1 is 0.969 bits per heavy atom. The summed E-state index contributed by atoms with van der Waals surface area (Å²) >= 11 is 0. The first kappa shape index (κ1) is 22.6. The zero-order valence-corrected chi connectivity index (χ0v) is 17.9. The van der Waals surface area contributed by atoms with Gasteiger partial charge in [0.25, 0.3) is 0 Å². The first-order valence-electron chi connectivity index (χ1n) is 10.2. The monoisotopic (exact) mass is 435 g/mol. The number of H-pyrrole nitrogens is 1. The van der Waals surface area contributed by atoms with Gasteiger partial charge in [0, 0.05) is 23.0 Å². The second-order valence-electron chi connectivity index (χ2n) is 6.95. The fourth-order valence-electron chi connectivity index (χ4n) is 3.16. The van der Waals surface area contributed by atoms with Gasteiger partial charge in [-0.2, -0.15) is 0 Å². The molecule has 1 aromatic heterocycles. The van der Waals surface area contributed by atoms with Crippen molar-refractivity contribution in [2.24, 2.45) is 0 Å². The molecule has 166 valence electrons. The summed E-state index contributed by atoms with van der Waals surface area (Å²) in [5, 5.41) is 5.21. The molecule has 2 amide bonds. The Balaban J connectivity index is 1.64. The maximum absolute atomic E-state index is 12.4. The van der Waals surface area contributed by atoms with E-state index in [2.05, 4.69) is 15.6 Å². The number of benzene rings is 2. The molecule has 8 nitrogen and oxygen atoms in total. The molecule has 32 heavy (non-hydrogen) atoms. The molecule has 3 rings (SSSR count). The van der Waals surface area contributed by atoms with Crippen molar-refractivity contribution in [1.29, 1.82) is 0 Å². The molecule has 3 N–H and O–H groups in total. The van der Waals surface area contributed by atoms with Crippen molar-refractivity contribution in [1.82, 2.24) is 10.3 Å². The van der Waals surface area contributed by atoms with Gasteiger partial charge in [0.1, 0.15) is 18.8 Å². The van der Waals surface area contributed by atoms with Crippen molar-refractivity contribution >= 4 is 23.7 Å². The quantitative estimate of drug-likeness (QED) is 0.463. The highest BCUT2D eigenvalue weighted by atomic mass is 16.5. The van der Waals surface area contributed by atoms with Crippen LogP contribution in [0.2, 0.25) is 0 Å². The molecule has 0 atom stereocenters. The molecule has 0 bridgehead atoms. The first-order valence-corrected chi connectivity index (χ1v) is 10.2. The molecule has 0 unspecified atom stereocenters. The Morgan fingerprint density at radius 2 is 1.69 bits per heavy atom. The van der Waals surface area contributed by atoms with Crippen molar-refractivity contribution < 1.29 is 23.9 Å². The number of anilines is 1. The number of carbonyl (C=O) groups excluding carboxylic acids is 3. The molecule has 1 heterocycles. The van der Waals surface area contributed by atoms with E-state index in [9.17, 15) is 14.4 Å². The average molecular weight is 435 g/mol. The number of carbonyl (C=O) groups is 3. The van der Waals surface area contributed by atoms with Crippen LogP contribution in [0.25, 0.3) is 11.1 Å². The highest BCUT2D eigenvalue weighted by molar-refractivity contribution is 6.02. The van der Waals surface area contributed by atoms with Crippen LogP contribution in [0, 0.1) is 6.92 Å². The second kappa shape index (κ2) is 10.8. The van der Waals surface area contributed by atoms with Crippen LogP contribution in [0.3, 0.4) is 0 Å². The SMILES string of the molecule is CCOC(=O)c1[nH]cc(C)c1-c1ccccc1NC(=O)CNC(=O)OCc1ccccc1. The molecule has 0 radical (unpaired) electrons. The van der Waals surface area contributed by atoms with Crippen LogP contribution in [-0.2, 0) is 20.9 Å². The molecule has 0 saturated carbocycles. The number of ether oxygens (including phenoxy) is 2. The number of aryl methyl sites for hydroxylation is 1. The number of amides is 2. The largest absolute Gasteiger partial charge is 0.461 e. The molecule has 2 aromatic carbocycles. The van der Waals surface area contributed by atoms with E-state index >= 15 is 0 Å². The van der Waals surface area contributed by atoms with Gasteiger partial charge in [-0.25, -0.2) is 9.59 Å². The Hall–Kier alpha value is -4.07. The van der Waals surface area contributed by atoms with Gasteiger partial charge in [0.05, 0.1) is 6.61 Å². The molecule has 3 aromatic rings. The Kier molecular flexibility index (Phi) is 7.64. The average Bonchev–Trinajstić information content (AvgIpc) is 3.19. The Morgan fingerprint density at radius 3 is 2.44 bits per heavy atom. The number of rotatable bonds is 8. The molecule has 0 aliphatic heterocycles. The van der Waals surface area contributed by atoms with E-state index in [0.29, 0.717) is 22.5 Å². The van der Waals surface area contributed by atoms with Crippen molar-refractivity contribution in [3.05, 3.63) is 77.6 Å². The van der Waals surface area contributed by atoms with E-state index in [1.165, 1.54) is 0 Å². The number of hydrogen-bond acceptors (Lipinski definition) is 5. The maximum Gasteiger partial charge on any atom is 0.407 e. The summed E-state index contributed by atoms with van der Waals surface area (Å²) in [6, 6.07) is 16.4. The molecule has 0 spiro atoms. The van der Waals surface area contributed by atoms with Crippen LogP contribution in [0.1, 0.15) is 28.5 Å². The summed E-state index contributed by atoms with van der Waals surface area (Å²) in [7, 11) is 0. The van der Waals surface area contributed by atoms with Crippen molar-refractivity contribution in [3.8, 4) is 11.1 Å². The number of nitrogens with one attached hydrogen (secondary N) is 3. The van der Waals surface area contributed by atoms with Crippen LogP contribution in [0.15, 0.2) is 60.8 Å². The van der Waals surface area contributed by atoms with Gasteiger partial charge in [0.15, 0.2) is 0 Å². The topological polar surface area (TPSA) is 110 Å². The molecule has 0 saturated heterocycles. The highest BCUT2D eigenvalue weighted by Crippen LogP contribution is 2.33. The number of alkyl carbamates (subject to hydrolysis) is 1. The van der Waals surface area contributed by atoms with E-state index in [0.717, 1.165) is 11.1 Å². The van der Waals surface area contributed by atoms with E-state index < -0.39 is 18.0 Å². The van der Waals surface area contributed by atoms with Crippen LogP contribution < -0.4 is 10.6 Å². The summed E-state index contributed by atoms with van der Waals surface area (Å²) in [6.45, 7) is 3.69. The third kappa shape index (κ3) is 5.75. The Bertz CT molecular complexity index is 1090. The molecular weight excluding hydrogens is 410 g/mol. The van der Waals surface area contributed by atoms with Gasteiger partial charge in [0.2, 0.25) is 5.91 Å². The number of hydrogen-bond donors (Lipinski definition) is 3. The maximum atomic E-state index is 12.4. The minimum atomic E-state index is -0.691. The van der Waals surface area contributed by atoms with Gasteiger partial charge in [-0.15, -0.1) is 0 Å². The summed E-state index contributed by atoms with van der Waals surface area (Å²) in [4.78, 5) is 39.6. The number of aromatic nitrogens is 1. The van der Waals surface area contributed by atoms with Crippen LogP contribution in [0.4, 0.5) is 10.5 Å². The van der Waals surface area contributed by atoms with E-state index in [-0.39, 0.29) is 19.8 Å². The normalized spacial score (nSPS) is 10.3. The minimum Gasteiger partial charge on any atom is -0.461 e. The molecule has 0 fully saturated rings. The van der Waals surface area contributed by atoms with Crippen molar-refractivity contribution in [2.45, 2.75) is 20.5 Å². The highest BCUT2D eigenvalue weighted by Gasteiger charge is 2.21. The third-order valence-electron chi connectivity index (χ3n) is 4.63. The number of esters is 1. The predicted molar refractivity (Wildman–Crippen MR) is 120 cm³/mol. The van der Waals surface area contributed by atoms with E-state index in [1.54, 1.807) is 31.3 Å². The molecule has 8 heteroatoms. The first-order chi connectivity index (χ1) is 15.5. The van der Waals surface area contributed by atoms with Gasteiger partial charge in [-0.05, 0) is 31.0 Å². The summed E-state index contributed by atoms with van der Waals surface area (Å²) in [5.74, 6) is -0.903. The van der Waals surface area contributed by atoms with Crippen molar-refractivity contribution in [3.63, 3.8) is 0 Å². The fourth-order valence-corrected chi connectivity index (χ4v) is 3.16. The van der Waals surface area contributed by atoms with Crippen LogP contribution in [-0.4, -0.2) is 36.1 Å². The van der Waals surface area contributed by atoms with Crippen LogP contribution in [0.5, 0.6) is 0 Å². The lowest BCUT2D eigenvalue weighted by Crippen LogP contribution is -2.33. The van der Waals surface area contributed by atoms with Crippen molar-refractivity contribution in [2.75, 3.05) is 18.5 Å². The molecular formula is C24H25N3O5. The summed E-state index contributed by atoms with van der Waals surface area (Å²) in [5.41, 5.74) is 3.81. The van der Waals surface area contributed by atoms with Gasteiger partial charge in [-0.3, -0.25) is 4.79 Å². The van der Waals surface area contributed by atoms with Gasteiger partial charge < -0.3 is 25.1 Å². The number of para-hydroxylation sites is 1. The van der Waals surface area contributed by atoms with Gasteiger partial charge >= 0.3 is 12.1 Å². The standard InChI is InChI=1S/C24H25N3O5/c1-3-31-23(29)22-21(16(2)13-25-22)18-11-7-8-12-19(18)27-20(28)14-26-24(30)32-15-17-9-5-4-6-10-17/h4-13,25H,3,14-15H2,1-2H3,(H,26,30)(H,27,28). The summed E-state index contributed by atoms with van der Waals surface area (Å²) in [6.07, 6.45) is 1.02. The van der Waals surface area contributed by atoms with E-state index in [4.69, 9.17) is 9.47 Å². The van der Waals surface area contributed by atoms with Crippen LogP contribution >= 0.6 is 0 Å². The smallest absolute Gasteiger partial charge is 0.407 e. The lowest BCUT2D eigenvalue weighted by Gasteiger charge is -2.13. The molecule has 0 aliphatic carbocycles.